The van der Waals surface area contributed by atoms with Gasteiger partial charge < -0.3 is 9.64 Å². The smallest absolute Gasteiger partial charge is 0.410 e. The maximum Gasteiger partial charge on any atom is 0.410 e. The molecule has 3 rings (SSSR count). The molecule has 0 aliphatic heterocycles. The number of pyridine rings is 2. The first kappa shape index (κ1) is 22.5. The number of carbonyl (C=O) groups is 1. The van der Waals surface area contributed by atoms with Gasteiger partial charge in [0.15, 0.2) is 0 Å². The lowest BCUT2D eigenvalue weighted by molar-refractivity contribution is 0.0285. The summed E-state index contributed by atoms with van der Waals surface area (Å²) in [5.41, 5.74) is 0.165. The minimum Gasteiger partial charge on any atom is -0.444 e. The van der Waals surface area contributed by atoms with Gasteiger partial charge in [0.25, 0.3) is 0 Å². The SMILES string of the molecule is CN(Cc1nc(-c2cccnc2F)c(Sc2ccnc(Cl)c2)s1)C(=O)OC(C)(C)C. The molecule has 0 aromatic carbocycles. The first-order chi connectivity index (χ1) is 14.1. The monoisotopic (exact) mass is 466 g/mol. The zero-order valence-electron chi connectivity index (χ0n) is 16.8. The zero-order chi connectivity index (χ0) is 21.9. The van der Waals surface area contributed by atoms with Gasteiger partial charge in [-0.1, -0.05) is 23.4 Å². The molecule has 0 N–H and O–H groups in total. The highest BCUT2D eigenvalue weighted by atomic mass is 35.5. The quantitative estimate of drug-likeness (QED) is 0.435. The summed E-state index contributed by atoms with van der Waals surface area (Å²) in [5.74, 6) is -0.607. The zero-order valence-corrected chi connectivity index (χ0v) is 19.2. The molecule has 3 heterocycles. The Balaban J connectivity index is 1.92. The number of halogens is 2. The first-order valence-electron chi connectivity index (χ1n) is 8.96. The van der Waals surface area contributed by atoms with Crippen molar-refractivity contribution in [2.75, 3.05) is 7.05 Å². The van der Waals surface area contributed by atoms with Gasteiger partial charge in [-0.15, -0.1) is 11.3 Å². The highest BCUT2D eigenvalue weighted by Gasteiger charge is 2.23. The fourth-order valence-electron chi connectivity index (χ4n) is 2.38. The van der Waals surface area contributed by atoms with Crippen molar-refractivity contribution >= 4 is 40.8 Å². The van der Waals surface area contributed by atoms with E-state index in [9.17, 15) is 9.18 Å². The molecule has 0 saturated carbocycles. The number of hydrogen-bond donors (Lipinski definition) is 0. The average molecular weight is 467 g/mol. The van der Waals surface area contributed by atoms with E-state index in [0.717, 1.165) is 9.10 Å². The van der Waals surface area contributed by atoms with E-state index in [0.29, 0.717) is 21.4 Å². The van der Waals surface area contributed by atoms with Crippen LogP contribution in [0, 0.1) is 5.95 Å². The van der Waals surface area contributed by atoms with Crippen molar-refractivity contribution in [1.29, 1.82) is 0 Å². The fourth-order valence-corrected chi connectivity index (χ4v) is 4.99. The molecule has 0 aliphatic rings. The van der Waals surface area contributed by atoms with Gasteiger partial charge in [0.05, 0.1) is 16.3 Å². The van der Waals surface area contributed by atoms with E-state index in [1.165, 1.54) is 34.2 Å². The second kappa shape index (κ2) is 9.28. The van der Waals surface area contributed by atoms with Crippen LogP contribution in [0.3, 0.4) is 0 Å². The molecular weight excluding hydrogens is 447 g/mol. The third-order valence-electron chi connectivity index (χ3n) is 3.64. The van der Waals surface area contributed by atoms with Crippen LogP contribution in [-0.2, 0) is 11.3 Å². The Morgan fingerprint density at radius 1 is 1.30 bits per heavy atom. The standard InChI is InChI=1S/C20H20ClFN4O2S2/c1-20(2,3)28-19(27)26(4)11-15-25-16(13-6-5-8-24-17(13)22)18(30-15)29-12-7-9-23-14(21)10-12/h5-10H,11H2,1-4H3. The van der Waals surface area contributed by atoms with Gasteiger partial charge in [-0.2, -0.15) is 4.39 Å². The molecule has 1 amide bonds. The van der Waals surface area contributed by atoms with Gasteiger partial charge in [-0.05, 0) is 45.0 Å². The Hall–Kier alpha value is -2.23. The van der Waals surface area contributed by atoms with Crippen LogP contribution in [0.5, 0.6) is 0 Å². The number of hydrogen-bond acceptors (Lipinski definition) is 7. The van der Waals surface area contributed by atoms with Crippen molar-refractivity contribution in [2.45, 2.75) is 42.0 Å². The van der Waals surface area contributed by atoms with Gasteiger partial charge >= 0.3 is 6.09 Å². The average Bonchev–Trinajstić information content (AvgIpc) is 3.02. The van der Waals surface area contributed by atoms with Crippen LogP contribution in [0.25, 0.3) is 11.3 Å². The number of nitrogens with zero attached hydrogens (tertiary/aromatic N) is 4. The van der Waals surface area contributed by atoms with E-state index in [4.69, 9.17) is 16.3 Å². The van der Waals surface area contributed by atoms with E-state index >= 15 is 0 Å². The molecule has 0 unspecified atom stereocenters. The number of rotatable bonds is 5. The van der Waals surface area contributed by atoms with Gasteiger partial charge in [-0.25, -0.2) is 19.7 Å². The topological polar surface area (TPSA) is 68.2 Å². The molecule has 0 aliphatic carbocycles. The molecule has 6 nitrogen and oxygen atoms in total. The van der Waals surface area contributed by atoms with E-state index in [1.54, 1.807) is 52.2 Å². The Labute approximate surface area is 187 Å². The Morgan fingerprint density at radius 2 is 2.07 bits per heavy atom. The van der Waals surface area contributed by atoms with Crippen molar-refractivity contribution < 1.29 is 13.9 Å². The Bertz CT molecular complexity index is 1060. The Morgan fingerprint density at radius 3 is 2.73 bits per heavy atom. The van der Waals surface area contributed by atoms with Crippen LogP contribution in [-0.4, -0.2) is 38.6 Å². The molecule has 3 aromatic rings. The maximum atomic E-state index is 14.4. The molecule has 3 aromatic heterocycles. The van der Waals surface area contributed by atoms with Crippen LogP contribution >= 0.6 is 34.7 Å². The van der Waals surface area contributed by atoms with Gasteiger partial charge in [0, 0.05) is 24.3 Å². The first-order valence-corrected chi connectivity index (χ1v) is 11.0. The molecule has 30 heavy (non-hydrogen) atoms. The summed E-state index contributed by atoms with van der Waals surface area (Å²) in [6, 6.07) is 6.82. The third kappa shape index (κ3) is 5.90. The van der Waals surface area contributed by atoms with Gasteiger partial charge in [0.1, 0.15) is 21.5 Å². The number of carbonyl (C=O) groups excluding carboxylic acids is 1. The van der Waals surface area contributed by atoms with E-state index in [1.807, 2.05) is 6.07 Å². The van der Waals surface area contributed by atoms with Gasteiger partial charge in [-0.3, -0.25) is 0 Å². The van der Waals surface area contributed by atoms with Crippen LogP contribution in [0.2, 0.25) is 5.15 Å². The second-order valence-corrected chi connectivity index (χ2v) is 10.2. The van der Waals surface area contributed by atoms with Crippen LogP contribution < -0.4 is 0 Å². The van der Waals surface area contributed by atoms with Crippen LogP contribution in [0.4, 0.5) is 9.18 Å². The normalized spacial score (nSPS) is 11.4. The van der Waals surface area contributed by atoms with Crippen molar-refractivity contribution in [3.05, 3.63) is 52.8 Å². The predicted octanol–water partition coefficient (Wildman–Crippen LogP) is 5.91. The molecule has 0 bridgehead atoms. The molecule has 0 spiro atoms. The summed E-state index contributed by atoms with van der Waals surface area (Å²) in [6.45, 7) is 5.64. The lowest BCUT2D eigenvalue weighted by Gasteiger charge is -2.24. The lowest BCUT2D eigenvalue weighted by Crippen LogP contribution is -2.33. The molecule has 0 fully saturated rings. The summed E-state index contributed by atoms with van der Waals surface area (Å²) in [7, 11) is 1.63. The van der Waals surface area contributed by atoms with Crippen molar-refractivity contribution in [1.82, 2.24) is 19.9 Å². The van der Waals surface area contributed by atoms with Gasteiger partial charge in [0.2, 0.25) is 5.95 Å². The van der Waals surface area contributed by atoms with E-state index < -0.39 is 17.6 Å². The minimum atomic E-state index is -0.607. The summed E-state index contributed by atoms with van der Waals surface area (Å²) < 4.78 is 20.5. The van der Waals surface area contributed by atoms with E-state index in [2.05, 4.69) is 15.0 Å². The molecule has 158 valence electrons. The number of amides is 1. The van der Waals surface area contributed by atoms with Crippen molar-refractivity contribution in [2.24, 2.45) is 0 Å². The minimum absolute atomic E-state index is 0.228. The third-order valence-corrected chi connectivity index (χ3v) is 6.05. The molecule has 0 atom stereocenters. The van der Waals surface area contributed by atoms with Crippen molar-refractivity contribution in [3.8, 4) is 11.3 Å². The fraction of sp³-hybridized carbons (Fsp3) is 0.300. The van der Waals surface area contributed by atoms with Crippen LogP contribution in [0.1, 0.15) is 25.8 Å². The largest absolute Gasteiger partial charge is 0.444 e. The number of thiazole rings is 1. The Kier molecular flexibility index (Phi) is 6.95. The van der Waals surface area contributed by atoms with E-state index in [-0.39, 0.29) is 6.54 Å². The predicted molar refractivity (Wildman–Crippen MR) is 116 cm³/mol. The highest BCUT2D eigenvalue weighted by Crippen LogP contribution is 2.41. The van der Waals surface area contributed by atoms with Crippen LogP contribution in [0.15, 0.2) is 45.8 Å². The molecule has 10 heteroatoms. The number of ether oxygens (including phenoxy) is 1. The molecule has 0 saturated heterocycles. The summed E-state index contributed by atoms with van der Waals surface area (Å²) in [6.07, 6.45) is 2.53. The lowest BCUT2D eigenvalue weighted by atomic mass is 10.2. The molecular formula is C20H20ClFN4O2S2. The summed E-state index contributed by atoms with van der Waals surface area (Å²) in [4.78, 5) is 26.9. The highest BCUT2D eigenvalue weighted by molar-refractivity contribution is 8.01. The summed E-state index contributed by atoms with van der Waals surface area (Å²) >= 11 is 8.76. The van der Waals surface area contributed by atoms with Crippen molar-refractivity contribution in [3.63, 3.8) is 0 Å². The maximum absolute atomic E-state index is 14.4. The molecule has 0 radical (unpaired) electrons. The second-order valence-electron chi connectivity index (χ2n) is 7.34. The number of aromatic nitrogens is 3. The summed E-state index contributed by atoms with van der Waals surface area (Å²) in [5, 5.41) is 1.01.